The van der Waals surface area contributed by atoms with E-state index in [1.807, 2.05) is 23.6 Å². The Labute approximate surface area is 187 Å². The van der Waals surface area contributed by atoms with Crippen LogP contribution in [0.2, 0.25) is 0 Å². The summed E-state index contributed by atoms with van der Waals surface area (Å²) in [5.41, 5.74) is 0.755. The lowest BCUT2D eigenvalue weighted by molar-refractivity contribution is -0.140. The van der Waals surface area contributed by atoms with Gasteiger partial charge in [0, 0.05) is 56.9 Å². The van der Waals surface area contributed by atoms with Crippen molar-refractivity contribution < 1.29 is 23.7 Å². The number of nitrogens with zero attached hydrogens (tertiary/aromatic N) is 4. The molecule has 0 spiro atoms. The van der Waals surface area contributed by atoms with Crippen LogP contribution in [0, 0.1) is 0 Å². The van der Waals surface area contributed by atoms with Crippen LogP contribution in [0.15, 0.2) is 23.2 Å². The lowest BCUT2D eigenvalue weighted by Crippen LogP contribution is -2.44. The highest BCUT2D eigenvalue weighted by molar-refractivity contribution is 7.94. The molecule has 0 bridgehead atoms. The van der Waals surface area contributed by atoms with E-state index in [2.05, 4.69) is 15.2 Å². The molecule has 1 aromatic heterocycles. The Morgan fingerprint density at radius 2 is 1.61 bits per heavy atom. The smallest absolute Gasteiger partial charge is 0.317 e. The maximum absolute atomic E-state index is 12.8. The van der Waals surface area contributed by atoms with Crippen LogP contribution in [-0.4, -0.2) is 107 Å². The minimum Gasteiger partial charge on any atom is -0.480 e. The van der Waals surface area contributed by atoms with Crippen LogP contribution in [0.5, 0.6) is 0 Å². The molecule has 0 amide bonds. The average molecular weight is 460 g/mol. The number of carbonyl (C=O) groups is 2. The minimum atomic E-state index is -0.921. The second-order valence-electron chi connectivity index (χ2n) is 7.12. The molecule has 0 atom stereocenters. The van der Waals surface area contributed by atoms with Gasteiger partial charge < -0.3 is 15.5 Å². The molecule has 1 heterocycles. The summed E-state index contributed by atoms with van der Waals surface area (Å²) in [4.78, 5) is 32.9. The molecule has 0 aliphatic heterocycles. The fourth-order valence-corrected chi connectivity index (χ4v) is 3.36. The van der Waals surface area contributed by atoms with Crippen LogP contribution < -0.4 is 5.32 Å². The molecule has 0 unspecified atom stereocenters. The molecule has 176 valence electrons. The first kappa shape index (κ1) is 27.2. The number of hydrogen-bond acceptors (Lipinski definition) is 8. The molecule has 0 aliphatic rings. The summed E-state index contributed by atoms with van der Waals surface area (Å²) >= 11 is 0.180. The summed E-state index contributed by atoms with van der Waals surface area (Å²) in [6, 6.07) is 3.31. The molecule has 0 aliphatic carbocycles. The normalized spacial score (nSPS) is 11.5. The van der Waals surface area contributed by atoms with Gasteiger partial charge in [-0.3, -0.25) is 29.3 Å². The Morgan fingerprint density at radius 3 is 2.13 bits per heavy atom. The van der Waals surface area contributed by atoms with Crippen LogP contribution in [0.4, 0.5) is 3.89 Å². The van der Waals surface area contributed by atoms with E-state index in [4.69, 9.17) is 5.11 Å². The Balaban J connectivity index is 2.63. The number of carboxylic acid groups (broad SMARTS) is 2. The van der Waals surface area contributed by atoms with E-state index < -0.39 is 11.9 Å². The topological polar surface area (TPSA) is 109 Å². The van der Waals surface area contributed by atoms with E-state index in [-0.39, 0.29) is 25.2 Å². The largest absolute Gasteiger partial charge is 0.480 e. The molecule has 0 saturated carbocycles. The summed E-state index contributed by atoms with van der Waals surface area (Å²) in [6.07, 6.45) is 1.58. The molecule has 1 rings (SSSR count). The van der Waals surface area contributed by atoms with Crippen molar-refractivity contribution in [2.75, 3.05) is 65.4 Å². The molecule has 0 fully saturated rings. The number of aliphatic carboxylic acids is 2. The van der Waals surface area contributed by atoms with Crippen molar-refractivity contribution in [3.05, 3.63) is 24.0 Å². The lowest BCUT2D eigenvalue weighted by Gasteiger charge is -2.28. The van der Waals surface area contributed by atoms with E-state index in [1.54, 1.807) is 18.3 Å². The van der Waals surface area contributed by atoms with Crippen molar-refractivity contribution in [1.29, 1.82) is 0 Å². The number of nitrogens with one attached hydrogen (secondary N) is 1. The highest BCUT2D eigenvalue weighted by Gasteiger charge is 2.16. The number of halogens is 1. The number of aromatic nitrogens is 1. The van der Waals surface area contributed by atoms with Gasteiger partial charge in [-0.1, -0.05) is 13.8 Å². The molecule has 0 saturated heterocycles. The van der Waals surface area contributed by atoms with Crippen LogP contribution >= 0.6 is 12.1 Å². The molecule has 0 aromatic carbocycles. The van der Waals surface area contributed by atoms with Crippen LogP contribution in [-0.2, 0) is 16.1 Å². The molecule has 11 heteroatoms. The van der Waals surface area contributed by atoms with Gasteiger partial charge in [-0.15, -0.1) is 0 Å². The Hall–Kier alpha value is -1.79. The van der Waals surface area contributed by atoms with Crippen LogP contribution in [0.25, 0.3) is 0 Å². The van der Waals surface area contributed by atoms with Gasteiger partial charge in [0.05, 0.1) is 30.9 Å². The van der Waals surface area contributed by atoms with Gasteiger partial charge in [0.1, 0.15) is 0 Å². The Bertz CT molecular complexity index is 670. The summed E-state index contributed by atoms with van der Waals surface area (Å²) in [7, 11) is 0. The van der Waals surface area contributed by atoms with Crippen molar-refractivity contribution in [3.8, 4) is 0 Å². The first-order chi connectivity index (χ1) is 14.9. The first-order valence-corrected chi connectivity index (χ1v) is 11.1. The Kier molecular flexibility index (Phi) is 14.0. The van der Waals surface area contributed by atoms with E-state index >= 15 is 0 Å². The van der Waals surface area contributed by atoms with Crippen molar-refractivity contribution in [1.82, 2.24) is 25.0 Å². The van der Waals surface area contributed by atoms with Crippen LogP contribution in [0.3, 0.4) is 0 Å². The molecular formula is C20H34FN5O4S. The molecule has 9 nitrogen and oxygen atoms in total. The van der Waals surface area contributed by atoms with Crippen molar-refractivity contribution in [3.63, 3.8) is 0 Å². The lowest BCUT2D eigenvalue weighted by atomic mass is 10.3. The standard InChI is InChI=1S/C20H34FN5O4S/c1-3-22-7-8-25(15-19(27)28)11-12-26(16-20(29)30)10-9-24(4-2)14-17-13-18(31-21)5-6-23-17/h5-6,13,22H,3-4,7-12,14-16H2,1-2H3,(H,27,28)(H,29,30). The predicted octanol–water partition coefficient (Wildman–Crippen LogP) is 1.26. The zero-order valence-electron chi connectivity index (χ0n) is 18.3. The third-order valence-corrected chi connectivity index (χ3v) is 5.18. The van der Waals surface area contributed by atoms with Gasteiger partial charge in [0.15, 0.2) is 0 Å². The van der Waals surface area contributed by atoms with E-state index in [9.17, 15) is 18.6 Å². The zero-order chi connectivity index (χ0) is 23.1. The fourth-order valence-electron chi connectivity index (χ4n) is 3.07. The van der Waals surface area contributed by atoms with Gasteiger partial charge in [-0.05, 0) is 25.2 Å². The van der Waals surface area contributed by atoms with E-state index in [0.717, 1.165) is 18.8 Å². The van der Waals surface area contributed by atoms with Crippen molar-refractivity contribution in [2.45, 2.75) is 25.3 Å². The number of carboxylic acids is 2. The predicted molar refractivity (Wildman–Crippen MR) is 119 cm³/mol. The maximum Gasteiger partial charge on any atom is 0.317 e. The minimum absolute atomic E-state index is 0.0814. The van der Waals surface area contributed by atoms with E-state index in [1.165, 1.54) is 0 Å². The van der Waals surface area contributed by atoms with Gasteiger partial charge >= 0.3 is 11.9 Å². The van der Waals surface area contributed by atoms with Crippen molar-refractivity contribution in [2.24, 2.45) is 0 Å². The molecular weight excluding hydrogens is 425 g/mol. The van der Waals surface area contributed by atoms with Gasteiger partial charge in [0.2, 0.25) is 0 Å². The van der Waals surface area contributed by atoms with Crippen LogP contribution in [0.1, 0.15) is 19.5 Å². The van der Waals surface area contributed by atoms with Gasteiger partial charge in [-0.25, -0.2) is 0 Å². The van der Waals surface area contributed by atoms with Crippen molar-refractivity contribution >= 4 is 24.1 Å². The number of hydrogen-bond donors (Lipinski definition) is 3. The number of likely N-dealkylation sites (N-methyl/N-ethyl adjacent to an activating group) is 2. The average Bonchev–Trinajstić information content (AvgIpc) is 2.73. The van der Waals surface area contributed by atoms with Gasteiger partial charge in [0.25, 0.3) is 0 Å². The van der Waals surface area contributed by atoms with E-state index in [0.29, 0.717) is 50.7 Å². The highest BCUT2D eigenvalue weighted by atomic mass is 32.2. The summed E-state index contributed by atoms with van der Waals surface area (Å²) < 4.78 is 12.8. The number of pyridine rings is 1. The molecule has 0 radical (unpaired) electrons. The molecule has 1 aromatic rings. The summed E-state index contributed by atoms with van der Waals surface area (Å²) in [6.45, 7) is 9.20. The summed E-state index contributed by atoms with van der Waals surface area (Å²) in [5, 5.41) is 21.6. The summed E-state index contributed by atoms with van der Waals surface area (Å²) in [5.74, 6) is -1.82. The monoisotopic (exact) mass is 459 g/mol. The Morgan fingerprint density at radius 1 is 1.03 bits per heavy atom. The SMILES string of the molecule is CCNCCN(CCN(CCN(CC)Cc1cc(SF)ccn1)CC(=O)O)CC(=O)O. The first-order valence-electron chi connectivity index (χ1n) is 10.4. The third kappa shape index (κ3) is 12.6. The zero-order valence-corrected chi connectivity index (χ0v) is 19.1. The second-order valence-corrected chi connectivity index (χ2v) is 7.75. The quantitative estimate of drug-likeness (QED) is 0.278. The molecule has 31 heavy (non-hydrogen) atoms. The number of rotatable bonds is 18. The molecule has 3 N–H and O–H groups in total. The third-order valence-electron chi connectivity index (χ3n) is 4.75. The second kappa shape index (κ2) is 15.9. The maximum atomic E-state index is 12.8. The van der Waals surface area contributed by atoms with Gasteiger partial charge in [-0.2, -0.15) is 3.89 Å². The fraction of sp³-hybridized carbons (Fsp3) is 0.650. The highest BCUT2D eigenvalue weighted by Crippen LogP contribution is 2.18.